The molecule has 26 heavy (non-hydrogen) atoms. The van der Waals surface area contributed by atoms with Crippen LogP contribution >= 0.6 is 24.8 Å². The summed E-state index contributed by atoms with van der Waals surface area (Å²) in [6.07, 6.45) is 1.93. The van der Waals surface area contributed by atoms with E-state index in [1.54, 1.807) is 18.5 Å². The van der Waals surface area contributed by atoms with Gasteiger partial charge in [0.2, 0.25) is 11.6 Å². The molecule has 0 aromatic carbocycles. The van der Waals surface area contributed by atoms with Gasteiger partial charge in [0, 0.05) is 35.0 Å². The van der Waals surface area contributed by atoms with Crippen LogP contribution in [-0.4, -0.2) is 33.4 Å². The number of thiocarbonyl (C=S) groups is 1. The van der Waals surface area contributed by atoms with E-state index in [-0.39, 0.29) is 47.5 Å². The largest absolute Gasteiger partial charge is 0.492 e. The second kappa shape index (κ2) is 8.18. The van der Waals surface area contributed by atoms with Gasteiger partial charge in [0.05, 0.1) is 12.7 Å². The Kier molecular flexibility index (Phi) is 6.41. The normalized spacial score (nSPS) is 14.6. The maximum atomic E-state index is 12.6. The van der Waals surface area contributed by atoms with Crippen molar-refractivity contribution in [2.45, 2.75) is 33.3 Å². The van der Waals surface area contributed by atoms with E-state index in [0.29, 0.717) is 21.9 Å². The van der Waals surface area contributed by atoms with Gasteiger partial charge in [0.15, 0.2) is 5.76 Å². The summed E-state index contributed by atoms with van der Waals surface area (Å²) in [6.45, 7) is 3.59. The number of esters is 1. The van der Waals surface area contributed by atoms with Gasteiger partial charge in [-0.3, -0.25) is 14.4 Å². The van der Waals surface area contributed by atoms with Crippen LogP contribution in [0.5, 0.6) is 0 Å². The third kappa shape index (κ3) is 3.91. The SMILES string of the molecule is COC1=CC(=O)c2c(c(COC(=O)CCC(C)C(=S)S)c(C)n2C)C1=O. The molecule has 0 spiro atoms. The van der Waals surface area contributed by atoms with Gasteiger partial charge in [-0.1, -0.05) is 19.1 Å². The van der Waals surface area contributed by atoms with Crippen LogP contribution in [0.3, 0.4) is 0 Å². The van der Waals surface area contributed by atoms with Crippen LogP contribution in [-0.2, 0) is 27.9 Å². The van der Waals surface area contributed by atoms with Gasteiger partial charge in [0.25, 0.3) is 0 Å². The van der Waals surface area contributed by atoms with Crippen molar-refractivity contribution in [2.24, 2.45) is 13.0 Å². The number of hydrogen-bond acceptors (Lipinski definition) is 6. The number of ether oxygens (including phenoxy) is 2. The molecule has 0 radical (unpaired) electrons. The highest BCUT2D eigenvalue weighted by Crippen LogP contribution is 2.30. The lowest BCUT2D eigenvalue weighted by Crippen LogP contribution is -2.20. The van der Waals surface area contributed by atoms with Gasteiger partial charge in [-0.05, 0) is 19.3 Å². The molecule has 1 unspecified atom stereocenters. The van der Waals surface area contributed by atoms with E-state index >= 15 is 0 Å². The van der Waals surface area contributed by atoms with Gasteiger partial charge in [-0.25, -0.2) is 0 Å². The number of ketones is 2. The molecule has 1 aromatic rings. The Morgan fingerprint density at radius 3 is 2.62 bits per heavy atom. The number of allylic oxidation sites excluding steroid dienone is 2. The monoisotopic (exact) mass is 395 g/mol. The second-order valence-corrected chi connectivity index (χ2v) is 7.42. The Hall–Kier alpha value is -1.93. The van der Waals surface area contributed by atoms with Crippen molar-refractivity contribution in [1.29, 1.82) is 0 Å². The predicted octanol–water partition coefficient (Wildman–Crippen LogP) is 2.96. The zero-order valence-electron chi connectivity index (χ0n) is 15.1. The van der Waals surface area contributed by atoms with Crippen LogP contribution in [0.15, 0.2) is 11.8 Å². The van der Waals surface area contributed by atoms with Crippen LogP contribution in [0.2, 0.25) is 0 Å². The third-order valence-electron chi connectivity index (χ3n) is 4.56. The third-order valence-corrected chi connectivity index (χ3v) is 5.40. The number of thiol groups is 1. The lowest BCUT2D eigenvalue weighted by Gasteiger charge is -2.13. The molecule has 0 saturated carbocycles. The van der Waals surface area contributed by atoms with Gasteiger partial charge in [0.1, 0.15) is 12.3 Å². The average Bonchev–Trinajstić information content (AvgIpc) is 2.85. The van der Waals surface area contributed by atoms with E-state index in [2.05, 4.69) is 12.6 Å². The number of carbonyl (C=O) groups is 3. The maximum absolute atomic E-state index is 12.6. The molecule has 0 N–H and O–H groups in total. The van der Waals surface area contributed by atoms with E-state index in [1.165, 1.54) is 13.2 Å². The van der Waals surface area contributed by atoms with E-state index in [4.69, 9.17) is 21.7 Å². The summed E-state index contributed by atoms with van der Waals surface area (Å²) < 4.78 is 12.5. The first-order valence-electron chi connectivity index (χ1n) is 8.10. The summed E-state index contributed by atoms with van der Waals surface area (Å²) in [5, 5.41) is 0. The van der Waals surface area contributed by atoms with E-state index in [0.717, 1.165) is 0 Å². The van der Waals surface area contributed by atoms with Gasteiger partial charge >= 0.3 is 5.97 Å². The highest BCUT2D eigenvalue weighted by atomic mass is 32.1. The number of fused-ring (bicyclic) bond motifs is 1. The number of Topliss-reactive ketones (excluding diaryl/α,β-unsaturated/α-hetero) is 1. The number of rotatable bonds is 7. The number of aromatic nitrogens is 1. The first kappa shape index (κ1) is 20.4. The molecule has 2 rings (SSSR count). The lowest BCUT2D eigenvalue weighted by molar-refractivity contribution is -0.145. The molecular weight excluding hydrogens is 374 g/mol. The van der Waals surface area contributed by atoms with Crippen LogP contribution < -0.4 is 0 Å². The summed E-state index contributed by atoms with van der Waals surface area (Å²) in [5.74, 6) is -1.07. The second-order valence-electron chi connectivity index (χ2n) is 6.19. The first-order chi connectivity index (χ1) is 12.2. The highest BCUT2D eigenvalue weighted by Gasteiger charge is 2.34. The molecule has 1 aliphatic rings. The number of carbonyl (C=O) groups excluding carboxylic acids is 3. The average molecular weight is 396 g/mol. The van der Waals surface area contributed by atoms with Crippen molar-refractivity contribution < 1.29 is 23.9 Å². The van der Waals surface area contributed by atoms with Crippen molar-refractivity contribution in [1.82, 2.24) is 4.57 Å². The van der Waals surface area contributed by atoms with Crippen molar-refractivity contribution in [3.05, 3.63) is 34.3 Å². The Bertz CT molecular complexity index is 822. The predicted molar refractivity (Wildman–Crippen MR) is 104 cm³/mol. The quantitative estimate of drug-likeness (QED) is 0.435. The summed E-state index contributed by atoms with van der Waals surface area (Å²) >= 11 is 9.07. The molecule has 0 fully saturated rings. The smallest absolute Gasteiger partial charge is 0.306 e. The number of methoxy groups -OCH3 is 1. The van der Waals surface area contributed by atoms with E-state index < -0.39 is 5.97 Å². The molecule has 1 aromatic heterocycles. The summed E-state index contributed by atoms with van der Waals surface area (Å²) in [6, 6.07) is 0. The van der Waals surface area contributed by atoms with Gasteiger partial charge in [-0.15, -0.1) is 12.6 Å². The van der Waals surface area contributed by atoms with Crippen LogP contribution in [0.25, 0.3) is 0 Å². The van der Waals surface area contributed by atoms with Crippen LogP contribution in [0, 0.1) is 12.8 Å². The van der Waals surface area contributed by atoms with Crippen molar-refractivity contribution in [3.8, 4) is 0 Å². The Morgan fingerprint density at radius 1 is 1.38 bits per heavy atom. The van der Waals surface area contributed by atoms with Gasteiger partial charge in [-0.2, -0.15) is 0 Å². The zero-order valence-corrected chi connectivity index (χ0v) is 16.8. The topological polar surface area (TPSA) is 74.6 Å². The van der Waals surface area contributed by atoms with Crippen molar-refractivity contribution in [2.75, 3.05) is 7.11 Å². The minimum absolute atomic E-state index is 0.0169. The van der Waals surface area contributed by atoms with Crippen LogP contribution in [0.1, 0.15) is 51.9 Å². The van der Waals surface area contributed by atoms with Crippen molar-refractivity contribution >= 4 is 46.6 Å². The summed E-state index contributed by atoms with van der Waals surface area (Å²) in [4.78, 5) is 36.9. The molecule has 0 aliphatic heterocycles. The minimum Gasteiger partial charge on any atom is -0.492 e. The standard InChI is InChI=1S/C18H21NO5S2/c1-9(18(25)26)5-6-14(21)24-8-11-10(2)19(3)16-12(20)7-13(23-4)17(22)15(11)16/h7,9H,5-6,8H2,1-4H3,(H,25,26). The Morgan fingerprint density at radius 2 is 2.04 bits per heavy atom. The molecule has 8 heteroatoms. The summed E-state index contributed by atoms with van der Waals surface area (Å²) in [5.41, 5.74) is 1.75. The highest BCUT2D eigenvalue weighted by molar-refractivity contribution is 8.11. The molecule has 0 bridgehead atoms. The molecule has 140 valence electrons. The molecule has 1 atom stereocenters. The molecule has 1 aliphatic carbocycles. The van der Waals surface area contributed by atoms with E-state index in [1.807, 2.05) is 6.92 Å². The van der Waals surface area contributed by atoms with Gasteiger partial charge < -0.3 is 14.0 Å². The fraction of sp³-hybridized carbons (Fsp3) is 0.444. The minimum atomic E-state index is -0.393. The maximum Gasteiger partial charge on any atom is 0.306 e. The fourth-order valence-electron chi connectivity index (χ4n) is 2.78. The van der Waals surface area contributed by atoms with Crippen LogP contribution in [0.4, 0.5) is 0 Å². The number of hydrogen-bond donors (Lipinski definition) is 1. The molecule has 1 heterocycles. The first-order valence-corrected chi connectivity index (χ1v) is 8.95. The molecule has 6 nitrogen and oxygen atoms in total. The van der Waals surface area contributed by atoms with E-state index in [9.17, 15) is 14.4 Å². The summed E-state index contributed by atoms with van der Waals surface area (Å²) in [7, 11) is 3.04. The Labute approximate surface area is 162 Å². The zero-order chi connectivity index (χ0) is 19.6. The number of nitrogens with zero attached hydrogens (tertiary/aromatic N) is 1. The lowest BCUT2D eigenvalue weighted by atomic mass is 9.96. The molecule has 0 saturated heterocycles. The Balaban J connectivity index is 2.19. The van der Waals surface area contributed by atoms with Crippen molar-refractivity contribution in [3.63, 3.8) is 0 Å². The fourth-order valence-corrected chi connectivity index (χ4v) is 3.03. The molecular formula is C18H21NO5S2. The molecule has 0 amide bonds.